The molecular formula is C11H10ClN3O3. The van der Waals surface area contributed by atoms with Gasteiger partial charge < -0.3 is 9.84 Å². The van der Waals surface area contributed by atoms with Crippen molar-refractivity contribution in [3.05, 3.63) is 56.9 Å². The molecule has 0 unspecified atom stereocenters. The molecule has 2 rings (SSSR count). The standard InChI is InChI=1S/C11H10ClN3O3/c12-10-2-1-3-11(15(16)17)9(10)7-13-6-8-4-5-14-18-8/h1-5,13H,6-7H2. The second-order valence-electron chi connectivity index (χ2n) is 3.58. The van der Waals surface area contributed by atoms with Crippen LogP contribution in [0.5, 0.6) is 0 Å². The summed E-state index contributed by atoms with van der Waals surface area (Å²) in [7, 11) is 0. The summed E-state index contributed by atoms with van der Waals surface area (Å²) in [5.74, 6) is 0.657. The fourth-order valence-electron chi connectivity index (χ4n) is 1.54. The molecule has 1 heterocycles. The van der Waals surface area contributed by atoms with Gasteiger partial charge in [-0.1, -0.05) is 22.8 Å². The highest BCUT2D eigenvalue weighted by Crippen LogP contribution is 2.25. The van der Waals surface area contributed by atoms with Gasteiger partial charge in [-0.15, -0.1) is 0 Å². The van der Waals surface area contributed by atoms with E-state index in [4.69, 9.17) is 16.1 Å². The van der Waals surface area contributed by atoms with E-state index < -0.39 is 4.92 Å². The molecule has 1 aromatic carbocycles. The fraction of sp³-hybridized carbons (Fsp3) is 0.182. The van der Waals surface area contributed by atoms with Crippen LogP contribution >= 0.6 is 11.6 Å². The van der Waals surface area contributed by atoms with Crippen LogP contribution in [-0.2, 0) is 13.1 Å². The van der Waals surface area contributed by atoms with Gasteiger partial charge in [0.1, 0.15) is 5.76 Å². The van der Waals surface area contributed by atoms with Crippen molar-refractivity contribution in [1.29, 1.82) is 0 Å². The topological polar surface area (TPSA) is 81.2 Å². The molecule has 0 spiro atoms. The van der Waals surface area contributed by atoms with Crippen molar-refractivity contribution in [3.63, 3.8) is 0 Å². The Kier molecular flexibility index (Phi) is 3.91. The molecule has 0 radical (unpaired) electrons. The summed E-state index contributed by atoms with van der Waals surface area (Å²) < 4.78 is 4.90. The Morgan fingerprint density at radius 1 is 1.39 bits per heavy atom. The van der Waals surface area contributed by atoms with E-state index in [0.717, 1.165) is 0 Å². The van der Waals surface area contributed by atoms with Crippen molar-refractivity contribution in [2.24, 2.45) is 0 Å². The molecule has 94 valence electrons. The lowest BCUT2D eigenvalue weighted by Crippen LogP contribution is -2.13. The normalized spacial score (nSPS) is 10.5. The number of hydrogen-bond acceptors (Lipinski definition) is 5. The van der Waals surface area contributed by atoms with Gasteiger partial charge in [-0.2, -0.15) is 0 Å². The van der Waals surface area contributed by atoms with Crippen molar-refractivity contribution in [3.8, 4) is 0 Å². The highest BCUT2D eigenvalue weighted by Gasteiger charge is 2.15. The Morgan fingerprint density at radius 2 is 2.22 bits per heavy atom. The summed E-state index contributed by atoms with van der Waals surface area (Å²) in [4.78, 5) is 10.4. The monoisotopic (exact) mass is 267 g/mol. The van der Waals surface area contributed by atoms with Crippen LogP contribution < -0.4 is 5.32 Å². The van der Waals surface area contributed by atoms with Crippen molar-refractivity contribution < 1.29 is 9.45 Å². The minimum absolute atomic E-state index is 0.00701. The predicted molar refractivity (Wildman–Crippen MR) is 65.2 cm³/mol. The number of nitro benzene ring substituents is 1. The van der Waals surface area contributed by atoms with E-state index in [0.29, 0.717) is 22.9 Å². The van der Waals surface area contributed by atoms with Crippen LogP contribution in [0.4, 0.5) is 5.69 Å². The van der Waals surface area contributed by atoms with E-state index in [1.807, 2.05) is 0 Å². The third-order valence-corrected chi connectivity index (χ3v) is 2.74. The van der Waals surface area contributed by atoms with Crippen LogP contribution in [0.1, 0.15) is 11.3 Å². The van der Waals surface area contributed by atoms with Crippen LogP contribution in [0.25, 0.3) is 0 Å². The molecule has 18 heavy (non-hydrogen) atoms. The number of aromatic nitrogens is 1. The van der Waals surface area contributed by atoms with E-state index in [2.05, 4.69) is 10.5 Å². The number of benzene rings is 1. The molecule has 6 nitrogen and oxygen atoms in total. The van der Waals surface area contributed by atoms with Crippen LogP contribution in [0.2, 0.25) is 5.02 Å². The molecule has 0 atom stereocenters. The number of hydrogen-bond donors (Lipinski definition) is 1. The molecule has 7 heteroatoms. The molecule has 0 amide bonds. The minimum atomic E-state index is -0.447. The Morgan fingerprint density at radius 3 is 2.89 bits per heavy atom. The first-order chi connectivity index (χ1) is 8.68. The smallest absolute Gasteiger partial charge is 0.275 e. The zero-order valence-electron chi connectivity index (χ0n) is 9.30. The summed E-state index contributed by atoms with van der Waals surface area (Å²) >= 11 is 5.95. The molecule has 0 aliphatic carbocycles. The number of rotatable bonds is 5. The minimum Gasteiger partial charge on any atom is -0.360 e. The van der Waals surface area contributed by atoms with Crippen molar-refractivity contribution in [2.75, 3.05) is 0 Å². The van der Waals surface area contributed by atoms with Crippen molar-refractivity contribution in [1.82, 2.24) is 10.5 Å². The number of halogens is 1. The highest BCUT2D eigenvalue weighted by atomic mass is 35.5. The van der Waals surface area contributed by atoms with Crippen LogP contribution in [-0.4, -0.2) is 10.1 Å². The first-order valence-electron chi connectivity index (χ1n) is 5.20. The molecule has 0 bridgehead atoms. The first-order valence-corrected chi connectivity index (χ1v) is 5.58. The van der Waals surface area contributed by atoms with Gasteiger partial charge in [0, 0.05) is 18.7 Å². The van der Waals surface area contributed by atoms with Gasteiger partial charge in [0.2, 0.25) is 0 Å². The molecule has 2 aromatic rings. The lowest BCUT2D eigenvalue weighted by atomic mass is 10.2. The van der Waals surface area contributed by atoms with E-state index in [-0.39, 0.29) is 12.2 Å². The van der Waals surface area contributed by atoms with Crippen LogP contribution in [0.15, 0.2) is 35.0 Å². The van der Waals surface area contributed by atoms with Crippen molar-refractivity contribution >= 4 is 17.3 Å². The Balaban J connectivity index is 2.06. The third-order valence-electron chi connectivity index (χ3n) is 2.38. The predicted octanol–water partition coefficient (Wildman–Crippen LogP) is 2.53. The molecular weight excluding hydrogens is 258 g/mol. The highest BCUT2D eigenvalue weighted by molar-refractivity contribution is 6.31. The van der Waals surface area contributed by atoms with Gasteiger partial charge in [0.05, 0.1) is 28.3 Å². The SMILES string of the molecule is O=[N+]([O-])c1cccc(Cl)c1CNCc1ccno1. The van der Waals surface area contributed by atoms with E-state index in [1.54, 1.807) is 18.2 Å². The first kappa shape index (κ1) is 12.5. The lowest BCUT2D eigenvalue weighted by molar-refractivity contribution is -0.385. The average molecular weight is 268 g/mol. The summed E-state index contributed by atoms with van der Waals surface area (Å²) in [5.41, 5.74) is 0.469. The van der Waals surface area contributed by atoms with E-state index in [9.17, 15) is 10.1 Å². The number of nitrogens with zero attached hydrogens (tertiary/aromatic N) is 2. The van der Waals surface area contributed by atoms with E-state index in [1.165, 1.54) is 12.3 Å². The maximum absolute atomic E-state index is 10.9. The number of nitro groups is 1. The Labute approximate surface area is 108 Å². The van der Waals surface area contributed by atoms with Gasteiger partial charge in [-0.25, -0.2) is 0 Å². The van der Waals surface area contributed by atoms with Crippen LogP contribution in [0.3, 0.4) is 0 Å². The maximum Gasteiger partial charge on any atom is 0.275 e. The Bertz CT molecular complexity index is 542. The van der Waals surface area contributed by atoms with Gasteiger partial charge in [-0.3, -0.25) is 10.1 Å². The lowest BCUT2D eigenvalue weighted by Gasteiger charge is -2.05. The van der Waals surface area contributed by atoms with Crippen molar-refractivity contribution in [2.45, 2.75) is 13.1 Å². The second kappa shape index (κ2) is 5.61. The maximum atomic E-state index is 10.9. The van der Waals surface area contributed by atoms with Gasteiger partial charge >= 0.3 is 0 Å². The zero-order chi connectivity index (χ0) is 13.0. The molecule has 0 aliphatic heterocycles. The molecule has 0 fully saturated rings. The fourth-order valence-corrected chi connectivity index (χ4v) is 1.77. The molecule has 0 saturated heterocycles. The summed E-state index contributed by atoms with van der Waals surface area (Å²) in [6.45, 7) is 0.721. The van der Waals surface area contributed by atoms with Gasteiger partial charge in [-0.05, 0) is 6.07 Å². The van der Waals surface area contributed by atoms with E-state index >= 15 is 0 Å². The van der Waals surface area contributed by atoms with Gasteiger partial charge in [0.25, 0.3) is 5.69 Å². The Hall–Kier alpha value is -1.92. The third kappa shape index (κ3) is 2.85. The summed E-state index contributed by atoms with van der Waals surface area (Å²) in [5, 5.41) is 17.8. The zero-order valence-corrected chi connectivity index (χ0v) is 10.1. The summed E-state index contributed by atoms with van der Waals surface area (Å²) in [6, 6.07) is 6.33. The molecule has 1 N–H and O–H groups in total. The quantitative estimate of drug-likeness (QED) is 0.665. The molecule has 0 saturated carbocycles. The molecule has 0 aliphatic rings. The molecule has 1 aromatic heterocycles. The number of nitrogens with one attached hydrogen (secondary N) is 1. The largest absolute Gasteiger partial charge is 0.360 e. The van der Waals surface area contributed by atoms with Crippen LogP contribution in [0, 0.1) is 10.1 Å². The van der Waals surface area contributed by atoms with Gasteiger partial charge in [0.15, 0.2) is 0 Å². The second-order valence-corrected chi connectivity index (χ2v) is 3.98. The average Bonchev–Trinajstić information content (AvgIpc) is 2.84. The summed E-state index contributed by atoms with van der Waals surface area (Å²) in [6.07, 6.45) is 1.54.